The van der Waals surface area contributed by atoms with E-state index in [4.69, 9.17) is 4.84 Å². The van der Waals surface area contributed by atoms with Crippen molar-refractivity contribution in [1.82, 2.24) is 10.5 Å². The highest BCUT2D eigenvalue weighted by Crippen LogP contribution is 2.26. The predicted molar refractivity (Wildman–Crippen MR) is 103 cm³/mol. The fourth-order valence-electron chi connectivity index (χ4n) is 3.27. The Morgan fingerprint density at radius 2 is 1.93 bits per heavy atom. The summed E-state index contributed by atoms with van der Waals surface area (Å²) in [7, 11) is 1.35. The third kappa shape index (κ3) is 3.75. The Morgan fingerprint density at radius 3 is 2.59 bits per heavy atom. The van der Waals surface area contributed by atoms with Gasteiger partial charge in [-0.25, -0.2) is 9.87 Å². The van der Waals surface area contributed by atoms with Crippen LogP contribution in [0.2, 0.25) is 0 Å². The number of carbonyl (C=O) groups excluding carboxylic acids is 1. The molecule has 3 rings (SSSR count). The molecule has 140 valence electrons. The molecule has 1 atom stereocenters. The lowest BCUT2D eigenvalue weighted by atomic mass is 9.88. The smallest absolute Gasteiger partial charge is 0.252 e. The highest BCUT2D eigenvalue weighted by molar-refractivity contribution is 5.87. The second kappa shape index (κ2) is 7.72. The summed E-state index contributed by atoms with van der Waals surface area (Å²) in [6, 6.07) is 13.6. The van der Waals surface area contributed by atoms with Crippen LogP contribution in [0.3, 0.4) is 0 Å². The first-order valence-electron chi connectivity index (χ1n) is 8.67. The monoisotopic (exact) mass is 368 g/mol. The first-order valence-corrected chi connectivity index (χ1v) is 8.67. The molecule has 3 aromatic rings. The van der Waals surface area contributed by atoms with E-state index in [0.29, 0.717) is 22.2 Å². The summed E-state index contributed by atoms with van der Waals surface area (Å²) in [5.74, 6) is -1.43. The van der Waals surface area contributed by atoms with Crippen molar-refractivity contribution < 1.29 is 14.0 Å². The van der Waals surface area contributed by atoms with E-state index < -0.39 is 5.92 Å². The van der Waals surface area contributed by atoms with Crippen molar-refractivity contribution >= 4 is 16.7 Å². The first-order chi connectivity index (χ1) is 12.9. The molecule has 0 aliphatic rings. The van der Waals surface area contributed by atoms with Crippen LogP contribution >= 0.6 is 0 Å². The van der Waals surface area contributed by atoms with Gasteiger partial charge >= 0.3 is 0 Å². The van der Waals surface area contributed by atoms with Crippen molar-refractivity contribution in [2.75, 3.05) is 7.11 Å². The van der Waals surface area contributed by atoms with Crippen molar-refractivity contribution in [2.24, 2.45) is 5.92 Å². The van der Waals surface area contributed by atoms with E-state index >= 15 is 0 Å². The van der Waals surface area contributed by atoms with Crippen molar-refractivity contribution in [3.63, 3.8) is 0 Å². The molecule has 1 aromatic heterocycles. The Morgan fingerprint density at radius 1 is 1.15 bits per heavy atom. The quantitative estimate of drug-likeness (QED) is 0.674. The van der Waals surface area contributed by atoms with Crippen LogP contribution in [0.5, 0.6) is 0 Å². The van der Waals surface area contributed by atoms with Crippen molar-refractivity contribution in [1.29, 1.82) is 0 Å². The lowest BCUT2D eigenvalue weighted by Gasteiger charge is -2.19. The summed E-state index contributed by atoms with van der Waals surface area (Å²) in [6.45, 7) is 3.72. The number of benzene rings is 2. The second-order valence-electron chi connectivity index (χ2n) is 6.72. The summed E-state index contributed by atoms with van der Waals surface area (Å²) in [5, 5.41) is 1.27. The number of hydroxylamine groups is 1. The van der Waals surface area contributed by atoms with Gasteiger partial charge in [0.05, 0.1) is 13.0 Å². The van der Waals surface area contributed by atoms with Gasteiger partial charge in [0.25, 0.3) is 11.5 Å². The zero-order valence-corrected chi connectivity index (χ0v) is 15.4. The van der Waals surface area contributed by atoms with Crippen LogP contribution in [0, 0.1) is 11.7 Å². The molecule has 0 fully saturated rings. The van der Waals surface area contributed by atoms with Crippen LogP contribution in [0.15, 0.2) is 53.3 Å². The van der Waals surface area contributed by atoms with E-state index in [0.717, 1.165) is 5.39 Å². The summed E-state index contributed by atoms with van der Waals surface area (Å²) >= 11 is 0. The van der Waals surface area contributed by atoms with E-state index in [1.54, 1.807) is 24.3 Å². The molecule has 0 spiro atoms. The molecule has 0 radical (unpaired) electrons. The zero-order valence-electron chi connectivity index (χ0n) is 15.4. The Labute approximate surface area is 156 Å². The van der Waals surface area contributed by atoms with Crippen LogP contribution in [0.4, 0.5) is 4.39 Å². The molecule has 27 heavy (non-hydrogen) atoms. The van der Waals surface area contributed by atoms with Gasteiger partial charge in [0.1, 0.15) is 5.82 Å². The first kappa shape index (κ1) is 18.8. The number of H-pyrrole nitrogens is 1. The van der Waals surface area contributed by atoms with Gasteiger partial charge in [-0.05, 0) is 35.1 Å². The van der Waals surface area contributed by atoms with Crippen LogP contribution in [-0.4, -0.2) is 18.0 Å². The predicted octanol–water partition coefficient (Wildman–Crippen LogP) is 3.75. The molecule has 6 heteroatoms. The minimum absolute atomic E-state index is 0.0955. The number of aromatic nitrogens is 1. The Balaban J connectivity index is 2.03. The van der Waals surface area contributed by atoms with Gasteiger partial charge in [0, 0.05) is 16.6 Å². The van der Waals surface area contributed by atoms with Crippen molar-refractivity contribution in [3.8, 4) is 11.3 Å². The summed E-state index contributed by atoms with van der Waals surface area (Å²) in [4.78, 5) is 32.4. The molecule has 1 amide bonds. The van der Waals surface area contributed by atoms with Crippen LogP contribution < -0.4 is 11.0 Å². The van der Waals surface area contributed by atoms with Crippen LogP contribution in [-0.2, 0) is 9.63 Å². The van der Waals surface area contributed by atoms with Crippen molar-refractivity contribution in [3.05, 3.63) is 70.3 Å². The lowest BCUT2D eigenvalue weighted by molar-refractivity contribution is -0.133. The molecule has 1 heterocycles. The van der Waals surface area contributed by atoms with Gasteiger partial charge in [-0.1, -0.05) is 44.2 Å². The van der Waals surface area contributed by atoms with Crippen LogP contribution in [0.1, 0.15) is 25.3 Å². The molecule has 0 saturated heterocycles. The summed E-state index contributed by atoms with van der Waals surface area (Å²) < 4.78 is 14.1. The van der Waals surface area contributed by atoms with E-state index in [1.165, 1.54) is 13.2 Å². The number of pyridine rings is 1. The summed E-state index contributed by atoms with van der Waals surface area (Å²) in [6.07, 6.45) is 0. The van der Waals surface area contributed by atoms with E-state index in [1.807, 2.05) is 32.0 Å². The molecular formula is C21H21FN2O3. The number of nitrogens with one attached hydrogen (secondary N) is 2. The Kier molecular flexibility index (Phi) is 5.37. The van der Waals surface area contributed by atoms with E-state index in [2.05, 4.69) is 10.5 Å². The maximum absolute atomic E-state index is 14.1. The van der Waals surface area contributed by atoms with Gasteiger partial charge in [-0.2, -0.15) is 0 Å². The maximum Gasteiger partial charge on any atom is 0.252 e. The molecule has 0 aliphatic carbocycles. The van der Waals surface area contributed by atoms with Crippen molar-refractivity contribution in [2.45, 2.75) is 19.8 Å². The number of fused-ring (bicyclic) bond motifs is 1. The number of halogens is 1. The Hall–Kier alpha value is -2.99. The summed E-state index contributed by atoms with van der Waals surface area (Å²) in [5.41, 5.74) is 3.55. The van der Waals surface area contributed by atoms with Gasteiger partial charge in [0.2, 0.25) is 0 Å². The van der Waals surface area contributed by atoms with Gasteiger partial charge in [-0.3, -0.25) is 14.4 Å². The average molecular weight is 368 g/mol. The number of rotatable bonds is 5. The SMILES string of the molecule is CONC(=O)C(c1ccc(-c2ccc3cccc(F)c3c2)[nH]c1=O)C(C)C. The number of aromatic amines is 1. The highest BCUT2D eigenvalue weighted by atomic mass is 19.1. The average Bonchev–Trinajstić information content (AvgIpc) is 2.63. The molecule has 2 aromatic carbocycles. The van der Waals surface area contributed by atoms with Gasteiger partial charge in [-0.15, -0.1) is 0 Å². The minimum atomic E-state index is -0.642. The normalized spacial score (nSPS) is 12.3. The molecule has 0 bridgehead atoms. The molecule has 5 nitrogen and oxygen atoms in total. The molecule has 2 N–H and O–H groups in total. The minimum Gasteiger partial charge on any atom is -0.322 e. The molecule has 0 saturated carbocycles. The molecular weight excluding hydrogens is 347 g/mol. The maximum atomic E-state index is 14.1. The van der Waals surface area contributed by atoms with Gasteiger partial charge < -0.3 is 4.98 Å². The highest BCUT2D eigenvalue weighted by Gasteiger charge is 2.27. The van der Waals surface area contributed by atoms with E-state index in [9.17, 15) is 14.0 Å². The fourth-order valence-corrected chi connectivity index (χ4v) is 3.27. The number of amides is 1. The van der Waals surface area contributed by atoms with Crippen LogP contribution in [0.25, 0.3) is 22.0 Å². The second-order valence-corrected chi connectivity index (χ2v) is 6.72. The molecule has 0 aliphatic heterocycles. The van der Waals surface area contributed by atoms with E-state index in [-0.39, 0.29) is 23.2 Å². The molecule has 1 unspecified atom stereocenters. The standard InChI is InChI=1S/C21H21FN2O3/c1-12(2)19(21(26)24-27-3)15-9-10-18(23-20(15)25)14-8-7-13-5-4-6-17(22)16(13)11-14/h4-12,19H,1-3H3,(H,23,25)(H,24,26). The Bertz CT molecular complexity index is 1040. The largest absolute Gasteiger partial charge is 0.322 e. The fraction of sp³-hybridized carbons (Fsp3) is 0.238. The third-order valence-electron chi connectivity index (χ3n) is 4.57. The number of hydrogen-bond acceptors (Lipinski definition) is 3. The lowest BCUT2D eigenvalue weighted by Crippen LogP contribution is -2.34. The zero-order chi connectivity index (χ0) is 19.6. The number of carbonyl (C=O) groups is 1. The number of hydrogen-bond donors (Lipinski definition) is 2. The topological polar surface area (TPSA) is 71.2 Å². The third-order valence-corrected chi connectivity index (χ3v) is 4.57. The van der Waals surface area contributed by atoms with Gasteiger partial charge in [0.15, 0.2) is 0 Å².